The monoisotopic (exact) mass is 398 g/mol. The van der Waals surface area contributed by atoms with Gasteiger partial charge in [-0.2, -0.15) is 0 Å². The minimum Gasteiger partial charge on any atom is -0.497 e. The van der Waals surface area contributed by atoms with Crippen molar-refractivity contribution >= 4 is 23.2 Å². The van der Waals surface area contributed by atoms with Gasteiger partial charge in [-0.1, -0.05) is 29.8 Å². The van der Waals surface area contributed by atoms with Gasteiger partial charge in [0.15, 0.2) is 0 Å². The lowest BCUT2D eigenvalue weighted by molar-refractivity contribution is 0.0718. The van der Waals surface area contributed by atoms with E-state index in [9.17, 15) is 4.79 Å². The summed E-state index contributed by atoms with van der Waals surface area (Å²) in [5, 5.41) is 3.77. The van der Waals surface area contributed by atoms with Crippen LogP contribution in [0.15, 0.2) is 65.3 Å². The zero-order valence-corrected chi connectivity index (χ0v) is 16.7. The number of methoxy groups -OCH3 is 1. The van der Waals surface area contributed by atoms with Crippen molar-refractivity contribution < 1.29 is 13.9 Å². The second kappa shape index (κ2) is 9.33. The Hall–Kier alpha value is -2.92. The van der Waals surface area contributed by atoms with Crippen LogP contribution in [0.5, 0.6) is 5.75 Å². The summed E-state index contributed by atoms with van der Waals surface area (Å²) in [7, 11) is 1.63. The summed E-state index contributed by atoms with van der Waals surface area (Å²) in [5.74, 6) is 1.31. The van der Waals surface area contributed by atoms with Crippen LogP contribution >= 0.6 is 11.6 Å². The van der Waals surface area contributed by atoms with E-state index in [1.807, 2.05) is 49.4 Å². The van der Waals surface area contributed by atoms with Crippen LogP contribution in [0.25, 0.3) is 0 Å². The molecular formula is C22H23ClN2O3. The van der Waals surface area contributed by atoms with E-state index in [-0.39, 0.29) is 5.91 Å². The molecular weight excluding hydrogens is 376 g/mol. The first kappa shape index (κ1) is 19.8. The van der Waals surface area contributed by atoms with Crippen LogP contribution in [0.2, 0.25) is 5.02 Å². The Labute approximate surface area is 169 Å². The molecule has 0 saturated heterocycles. The number of hydrogen-bond donors (Lipinski definition) is 1. The number of nitrogens with one attached hydrogen (secondary N) is 1. The quantitative estimate of drug-likeness (QED) is 0.565. The lowest BCUT2D eigenvalue weighted by Gasteiger charge is -2.24. The second-order valence-corrected chi connectivity index (χ2v) is 6.68. The van der Waals surface area contributed by atoms with E-state index in [4.69, 9.17) is 20.8 Å². The molecule has 1 amide bonds. The van der Waals surface area contributed by atoms with Crippen LogP contribution < -0.4 is 10.1 Å². The fourth-order valence-electron chi connectivity index (χ4n) is 2.98. The predicted octanol–water partition coefficient (Wildman–Crippen LogP) is 5.22. The van der Waals surface area contributed by atoms with Crippen molar-refractivity contribution in [1.29, 1.82) is 0 Å². The molecule has 1 N–H and O–H groups in total. The smallest absolute Gasteiger partial charge is 0.256 e. The average Bonchev–Trinajstić information content (AvgIpc) is 3.22. The molecule has 1 heterocycles. The average molecular weight is 399 g/mol. The molecule has 0 aliphatic rings. The first-order valence-electron chi connectivity index (χ1n) is 9.09. The maximum absolute atomic E-state index is 13.2. The van der Waals surface area contributed by atoms with Crippen LogP contribution in [0.3, 0.4) is 0 Å². The molecule has 2 aromatic carbocycles. The third-order valence-corrected chi connectivity index (χ3v) is 4.69. The highest BCUT2D eigenvalue weighted by Crippen LogP contribution is 2.26. The largest absolute Gasteiger partial charge is 0.497 e. The molecule has 0 unspecified atom stereocenters. The zero-order chi connectivity index (χ0) is 19.9. The number of benzene rings is 2. The maximum atomic E-state index is 13.2. The van der Waals surface area contributed by atoms with E-state index in [1.54, 1.807) is 30.4 Å². The van der Waals surface area contributed by atoms with Gasteiger partial charge in [-0.25, -0.2) is 0 Å². The molecule has 0 atom stereocenters. The molecule has 3 aromatic rings. The van der Waals surface area contributed by atoms with Crippen LogP contribution in [0.4, 0.5) is 5.69 Å². The van der Waals surface area contributed by atoms with Crippen molar-refractivity contribution in [3.05, 3.63) is 82.8 Å². The normalized spacial score (nSPS) is 10.5. The summed E-state index contributed by atoms with van der Waals surface area (Å²) < 4.78 is 10.8. The van der Waals surface area contributed by atoms with E-state index in [0.717, 1.165) is 23.5 Å². The van der Waals surface area contributed by atoms with E-state index in [0.29, 0.717) is 29.4 Å². The summed E-state index contributed by atoms with van der Waals surface area (Å²) in [6.07, 6.45) is 1.60. The molecule has 1 aromatic heterocycles. The predicted molar refractivity (Wildman–Crippen MR) is 111 cm³/mol. The van der Waals surface area contributed by atoms with Crippen LogP contribution in [0.1, 0.15) is 28.6 Å². The van der Waals surface area contributed by atoms with E-state index in [1.165, 1.54) is 0 Å². The molecule has 0 bridgehead atoms. The number of carbonyl (C=O) groups excluding carboxylic acids is 1. The molecule has 3 rings (SSSR count). The van der Waals surface area contributed by atoms with Crippen LogP contribution in [-0.2, 0) is 13.1 Å². The molecule has 0 fully saturated rings. The number of nitrogens with zero attached hydrogens (tertiary/aromatic N) is 1. The molecule has 0 spiro atoms. The number of halogens is 1. The molecule has 28 heavy (non-hydrogen) atoms. The highest BCUT2D eigenvalue weighted by molar-refractivity contribution is 6.33. The van der Waals surface area contributed by atoms with Gasteiger partial charge < -0.3 is 19.4 Å². The highest BCUT2D eigenvalue weighted by Gasteiger charge is 2.21. The third-order valence-electron chi connectivity index (χ3n) is 4.36. The Morgan fingerprint density at radius 3 is 2.64 bits per heavy atom. The van der Waals surface area contributed by atoms with Crippen molar-refractivity contribution in [1.82, 2.24) is 4.90 Å². The number of anilines is 1. The van der Waals surface area contributed by atoms with Gasteiger partial charge in [-0.15, -0.1) is 0 Å². The standard InChI is InChI=1S/C22H23ClN2O3/c1-3-24-21-13-17(27-2)11-10-16(21)14-25(15-18-7-6-12-28-18)22(26)19-8-4-5-9-20(19)23/h4-13,24H,3,14-15H2,1-2H3. The Bertz CT molecular complexity index is 925. The minimum atomic E-state index is -0.153. The van der Waals surface area contributed by atoms with E-state index < -0.39 is 0 Å². The Morgan fingerprint density at radius 1 is 1.14 bits per heavy atom. The van der Waals surface area contributed by atoms with E-state index in [2.05, 4.69) is 5.32 Å². The van der Waals surface area contributed by atoms with Gasteiger partial charge in [0.2, 0.25) is 0 Å². The van der Waals surface area contributed by atoms with Crippen molar-refractivity contribution in [2.75, 3.05) is 19.0 Å². The van der Waals surface area contributed by atoms with Crippen molar-refractivity contribution in [2.24, 2.45) is 0 Å². The van der Waals surface area contributed by atoms with Gasteiger partial charge in [-0.3, -0.25) is 4.79 Å². The lowest BCUT2D eigenvalue weighted by Crippen LogP contribution is -2.30. The zero-order valence-electron chi connectivity index (χ0n) is 15.9. The number of furan rings is 1. The van der Waals surface area contributed by atoms with E-state index >= 15 is 0 Å². The number of hydrogen-bond acceptors (Lipinski definition) is 4. The van der Waals surface area contributed by atoms with Gasteiger partial charge in [0, 0.05) is 24.8 Å². The molecule has 0 saturated carbocycles. The van der Waals surface area contributed by atoms with Gasteiger partial charge >= 0.3 is 0 Å². The molecule has 0 radical (unpaired) electrons. The molecule has 5 nitrogen and oxygen atoms in total. The SMILES string of the molecule is CCNc1cc(OC)ccc1CN(Cc1ccco1)C(=O)c1ccccc1Cl. The molecule has 0 aliphatic heterocycles. The van der Waals surface area contributed by atoms with Crippen LogP contribution in [0, 0.1) is 0 Å². The molecule has 146 valence electrons. The first-order valence-corrected chi connectivity index (χ1v) is 9.47. The Kier molecular flexibility index (Phi) is 6.61. The lowest BCUT2D eigenvalue weighted by atomic mass is 10.1. The third kappa shape index (κ3) is 4.67. The van der Waals surface area contributed by atoms with Crippen molar-refractivity contribution in [3.63, 3.8) is 0 Å². The van der Waals surface area contributed by atoms with Crippen LogP contribution in [-0.4, -0.2) is 24.5 Å². The second-order valence-electron chi connectivity index (χ2n) is 6.27. The fraction of sp³-hybridized carbons (Fsp3) is 0.227. The van der Waals surface area contributed by atoms with Gasteiger partial charge in [-0.05, 0) is 42.8 Å². The van der Waals surface area contributed by atoms with Gasteiger partial charge in [0.25, 0.3) is 5.91 Å². The maximum Gasteiger partial charge on any atom is 0.256 e. The molecule has 6 heteroatoms. The fourth-order valence-corrected chi connectivity index (χ4v) is 3.19. The van der Waals surface area contributed by atoms with Gasteiger partial charge in [0.05, 0.1) is 30.5 Å². The van der Waals surface area contributed by atoms with Gasteiger partial charge in [0.1, 0.15) is 11.5 Å². The number of rotatable bonds is 8. The summed E-state index contributed by atoms with van der Waals surface area (Å²) in [6, 6.07) is 16.5. The Morgan fingerprint density at radius 2 is 1.96 bits per heavy atom. The number of amides is 1. The minimum absolute atomic E-state index is 0.153. The highest BCUT2D eigenvalue weighted by atomic mass is 35.5. The topological polar surface area (TPSA) is 54.7 Å². The van der Waals surface area contributed by atoms with Crippen molar-refractivity contribution in [2.45, 2.75) is 20.0 Å². The first-order chi connectivity index (χ1) is 13.6. The number of ether oxygens (including phenoxy) is 1. The summed E-state index contributed by atoms with van der Waals surface area (Å²) in [4.78, 5) is 15.0. The summed E-state index contributed by atoms with van der Waals surface area (Å²) in [5.41, 5.74) is 2.38. The summed E-state index contributed by atoms with van der Waals surface area (Å²) >= 11 is 6.27. The van der Waals surface area contributed by atoms with Crippen molar-refractivity contribution in [3.8, 4) is 5.75 Å². The summed E-state index contributed by atoms with van der Waals surface area (Å²) in [6.45, 7) is 3.53. The molecule has 0 aliphatic carbocycles. The number of carbonyl (C=O) groups is 1. The Balaban J connectivity index is 1.93.